The maximum absolute atomic E-state index is 11.7. The number of likely N-dealkylation sites (tertiary alicyclic amines) is 1. The number of hydrogen-bond acceptors (Lipinski definition) is 1. The molecule has 1 saturated heterocycles. The van der Waals surface area contributed by atoms with Crippen LogP contribution >= 0.6 is 38.5 Å². The van der Waals surface area contributed by atoms with Crippen molar-refractivity contribution < 1.29 is 4.79 Å². The number of nitrogens with zero attached hydrogens (tertiary/aromatic N) is 1. The molecule has 1 amide bonds. The van der Waals surface area contributed by atoms with Crippen molar-refractivity contribution in [2.75, 3.05) is 11.9 Å². The number of amides is 1. The van der Waals surface area contributed by atoms with Gasteiger partial charge in [0.1, 0.15) is 0 Å². The summed E-state index contributed by atoms with van der Waals surface area (Å²) in [4.78, 5) is 13.8. The van der Waals surface area contributed by atoms with Crippen molar-refractivity contribution in [3.05, 3.63) is 0 Å². The molecule has 0 aliphatic carbocycles. The number of piperidine rings is 1. The summed E-state index contributed by atoms with van der Waals surface area (Å²) in [6.45, 7) is 0.980. The highest BCUT2D eigenvalue weighted by atomic mass is 127. The Kier molecular flexibility index (Phi) is 8.04. The van der Waals surface area contributed by atoms with E-state index in [1.165, 1.54) is 32.1 Å². The molecule has 0 aromatic heterocycles. The summed E-state index contributed by atoms with van der Waals surface area (Å²) >= 11 is 5.88. The highest BCUT2D eigenvalue weighted by Crippen LogP contribution is 2.22. The van der Waals surface area contributed by atoms with Crippen molar-refractivity contribution in [1.29, 1.82) is 0 Å². The van der Waals surface area contributed by atoms with Crippen molar-refractivity contribution in [3.63, 3.8) is 0 Å². The van der Waals surface area contributed by atoms with Gasteiger partial charge in [-0.25, -0.2) is 0 Å². The van der Waals surface area contributed by atoms with E-state index in [0.29, 0.717) is 9.96 Å². The molecule has 0 aromatic rings. The minimum absolute atomic E-state index is 0.367. The first-order valence-electron chi connectivity index (χ1n) is 6.25. The summed E-state index contributed by atoms with van der Waals surface area (Å²) in [5.74, 6) is 0.367. The third-order valence-electron chi connectivity index (χ3n) is 3.02. The van der Waals surface area contributed by atoms with Crippen LogP contribution < -0.4 is 0 Å². The number of hydrogen-bond donors (Lipinski definition) is 0. The third-order valence-corrected chi connectivity index (χ3v) is 4.88. The van der Waals surface area contributed by atoms with E-state index in [4.69, 9.17) is 0 Å². The highest BCUT2D eigenvalue weighted by molar-refractivity contribution is 14.1. The lowest BCUT2D eigenvalue weighted by molar-refractivity contribution is -0.133. The zero-order valence-electron chi connectivity index (χ0n) is 9.76. The average molecular weight is 402 g/mol. The highest BCUT2D eigenvalue weighted by Gasteiger charge is 2.23. The molecular weight excluding hydrogens is 381 g/mol. The molecule has 4 heteroatoms. The Bertz CT molecular complexity index is 213. The van der Waals surface area contributed by atoms with Gasteiger partial charge in [-0.05, 0) is 25.7 Å². The predicted molar refractivity (Wildman–Crippen MR) is 80.3 cm³/mol. The van der Waals surface area contributed by atoms with E-state index >= 15 is 0 Å². The monoisotopic (exact) mass is 401 g/mol. The fourth-order valence-corrected chi connectivity index (χ4v) is 3.47. The lowest BCUT2D eigenvalue weighted by atomic mass is 10.1. The van der Waals surface area contributed by atoms with Gasteiger partial charge in [-0.2, -0.15) is 0 Å². The topological polar surface area (TPSA) is 20.3 Å². The maximum atomic E-state index is 11.7. The first-order valence-corrected chi connectivity index (χ1v) is 8.62. The van der Waals surface area contributed by atoms with Gasteiger partial charge in [0, 0.05) is 18.3 Å². The Morgan fingerprint density at radius 3 is 2.69 bits per heavy atom. The zero-order chi connectivity index (χ0) is 11.8. The molecule has 0 spiro atoms. The second kappa shape index (κ2) is 8.72. The molecule has 94 valence electrons. The van der Waals surface area contributed by atoms with Crippen LogP contribution in [-0.2, 0) is 4.79 Å². The lowest BCUT2D eigenvalue weighted by Gasteiger charge is -2.31. The van der Waals surface area contributed by atoms with Gasteiger partial charge in [0.25, 0.3) is 0 Å². The number of alkyl halides is 2. The number of carbonyl (C=O) groups is 1. The summed E-state index contributed by atoms with van der Waals surface area (Å²) in [5.41, 5.74) is 0. The van der Waals surface area contributed by atoms with Crippen LogP contribution in [0, 0.1) is 0 Å². The molecule has 1 unspecified atom stereocenters. The first-order chi connectivity index (χ1) is 7.75. The summed E-state index contributed by atoms with van der Waals surface area (Å²) in [5, 5.41) is 1.12. The normalized spacial score (nSPS) is 18.9. The van der Waals surface area contributed by atoms with Crippen LogP contribution in [0.15, 0.2) is 0 Å². The minimum Gasteiger partial charge on any atom is -0.331 e. The largest absolute Gasteiger partial charge is 0.331 e. The van der Waals surface area contributed by atoms with Gasteiger partial charge in [0.05, 0.1) is 4.05 Å². The van der Waals surface area contributed by atoms with Gasteiger partial charge < -0.3 is 4.90 Å². The Morgan fingerprint density at radius 1 is 1.25 bits per heavy atom. The number of halogens is 2. The van der Waals surface area contributed by atoms with E-state index in [1.54, 1.807) is 0 Å². The first kappa shape index (κ1) is 14.7. The molecule has 0 saturated carbocycles. The van der Waals surface area contributed by atoms with E-state index in [0.717, 1.165) is 31.1 Å². The van der Waals surface area contributed by atoms with Gasteiger partial charge in [-0.15, -0.1) is 0 Å². The second-order valence-electron chi connectivity index (χ2n) is 4.37. The molecule has 1 atom stereocenters. The Morgan fingerprint density at radius 2 is 2.00 bits per heavy atom. The fraction of sp³-hybridized carbons (Fsp3) is 0.917. The second-order valence-corrected chi connectivity index (χ2v) is 6.60. The average Bonchev–Trinajstić information content (AvgIpc) is 2.29. The van der Waals surface area contributed by atoms with Crippen molar-refractivity contribution in [2.24, 2.45) is 0 Å². The van der Waals surface area contributed by atoms with Crippen LogP contribution in [0.5, 0.6) is 0 Å². The Labute approximate surface area is 121 Å². The van der Waals surface area contributed by atoms with Gasteiger partial charge in [-0.3, -0.25) is 4.79 Å². The quantitative estimate of drug-likeness (QED) is 0.272. The number of carbonyl (C=O) groups excluding carboxylic acids is 1. The van der Waals surface area contributed by atoms with Gasteiger partial charge in [-0.1, -0.05) is 57.8 Å². The maximum Gasteiger partial charge on any atom is 0.223 e. The molecule has 1 heterocycles. The molecule has 1 aliphatic rings. The predicted octanol–water partition coefficient (Wildman–Crippen LogP) is 4.11. The fourth-order valence-electron chi connectivity index (χ4n) is 2.04. The third kappa shape index (κ3) is 5.34. The van der Waals surface area contributed by atoms with Crippen LogP contribution in [0.1, 0.15) is 51.4 Å². The van der Waals surface area contributed by atoms with Gasteiger partial charge >= 0.3 is 0 Å². The summed E-state index contributed by atoms with van der Waals surface area (Å²) in [7, 11) is 0. The molecule has 0 bridgehead atoms. The van der Waals surface area contributed by atoms with Crippen LogP contribution in [0.4, 0.5) is 0 Å². The van der Waals surface area contributed by atoms with E-state index in [-0.39, 0.29) is 0 Å². The molecule has 0 aromatic carbocycles. The van der Waals surface area contributed by atoms with Crippen LogP contribution in [0.2, 0.25) is 0 Å². The molecule has 0 N–H and O–H groups in total. The zero-order valence-corrected chi connectivity index (χ0v) is 13.5. The van der Waals surface area contributed by atoms with Gasteiger partial charge in [0.15, 0.2) is 0 Å². The van der Waals surface area contributed by atoms with Crippen molar-refractivity contribution >= 4 is 44.4 Å². The molecule has 16 heavy (non-hydrogen) atoms. The summed E-state index contributed by atoms with van der Waals surface area (Å²) in [6.07, 6.45) is 9.34. The summed E-state index contributed by atoms with van der Waals surface area (Å²) < 4.78 is 0.425. The van der Waals surface area contributed by atoms with E-state index in [9.17, 15) is 4.79 Å². The number of unbranched alkanes of at least 4 members (excludes halogenated alkanes) is 3. The molecule has 1 fully saturated rings. The Balaban J connectivity index is 2.13. The molecule has 1 aliphatic heterocycles. The van der Waals surface area contributed by atoms with Crippen molar-refractivity contribution in [2.45, 2.75) is 55.4 Å². The van der Waals surface area contributed by atoms with Crippen molar-refractivity contribution in [1.82, 2.24) is 4.90 Å². The van der Waals surface area contributed by atoms with Crippen LogP contribution in [0.3, 0.4) is 0 Å². The minimum atomic E-state index is 0.367. The smallest absolute Gasteiger partial charge is 0.223 e. The molecule has 0 radical (unpaired) electrons. The van der Waals surface area contributed by atoms with Crippen molar-refractivity contribution in [3.8, 4) is 0 Å². The standard InChI is InChI=1S/C12H21BrINO/c13-9-5-2-1-3-7-11(14)15-10-6-4-8-12(15)16/h11H,1-10H2. The van der Waals surface area contributed by atoms with Crippen LogP contribution in [0.25, 0.3) is 0 Å². The van der Waals surface area contributed by atoms with E-state index < -0.39 is 0 Å². The molecule has 1 rings (SSSR count). The molecular formula is C12H21BrINO. The van der Waals surface area contributed by atoms with E-state index in [2.05, 4.69) is 43.4 Å². The van der Waals surface area contributed by atoms with E-state index in [1.807, 2.05) is 0 Å². The molecule has 2 nitrogen and oxygen atoms in total. The number of rotatable bonds is 7. The summed E-state index contributed by atoms with van der Waals surface area (Å²) in [6, 6.07) is 0. The lowest BCUT2D eigenvalue weighted by Crippen LogP contribution is -2.40. The van der Waals surface area contributed by atoms with Crippen LogP contribution in [-0.4, -0.2) is 26.7 Å². The van der Waals surface area contributed by atoms with Gasteiger partial charge in [0.2, 0.25) is 5.91 Å². The Hall–Kier alpha value is 0.680. The SMILES string of the molecule is O=C1CCCCN1C(I)CCCCCCBr.